The van der Waals surface area contributed by atoms with Crippen molar-refractivity contribution in [3.8, 4) is 22.3 Å². The molecule has 212 valence electrons. The van der Waals surface area contributed by atoms with E-state index >= 15 is 0 Å². The molecule has 0 radical (unpaired) electrons. The summed E-state index contributed by atoms with van der Waals surface area (Å²) in [5.41, 5.74) is 7.96. The van der Waals surface area contributed by atoms with Crippen LogP contribution in [-0.4, -0.2) is 9.49 Å². The maximum absolute atomic E-state index is 2.34. The molecule has 0 aliphatic rings. The number of thioether (sulfide) groups is 2. The molecule has 5 aromatic rings. The van der Waals surface area contributed by atoms with Crippen LogP contribution in [0.15, 0.2) is 94.7 Å². The van der Waals surface area contributed by atoms with Crippen LogP contribution in [0.4, 0.5) is 0 Å². The number of hydrogen-bond acceptors (Lipinski definition) is 2. The molecular formula is C39H44S2. The molecule has 5 aromatic carbocycles. The predicted octanol–water partition coefficient (Wildman–Crippen LogP) is 12.7. The average molecular weight is 577 g/mol. The molecule has 0 spiro atoms. The summed E-state index contributed by atoms with van der Waals surface area (Å²) in [6.45, 7) is 23.0. The van der Waals surface area contributed by atoms with Crippen molar-refractivity contribution in [1.29, 1.82) is 0 Å². The molecule has 0 aliphatic heterocycles. The molecule has 0 bridgehead atoms. The molecule has 0 saturated carbocycles. The normalized spacial score (nSPS) is 12.8. The van der Waals surface area contributed by atoms with Gasteiger partial charge in [0.05, 0.1) is 0 Å². The fraction of sp³-hybridized carbons (Fsp3) is 0.333. The molecule has 0 fully saturated rings. The summed E-state index contributed by atoms with van der Waals surface area (Å²) < 4.78 is 0.104. The second-order valence-corrected chi connectivity index (χ2v) is 17.9. The molecule has 5 rings (SSSR count). The van der Waals surface area contributed by atoms with Crippen LogP contribution in [0.5, 0.6) is 0 Å². The third-order valence-corrected chi connectivity index (χ3v) is 9.90. The Bertz CT molecular complexity index is 1700. The molecule has 0 heterocycles. The van der Waals surface area contributed by atoms with Gasteiger partial charge >= 0.3 is 0 Å². The minimum Gasteiger partial charge on any atom is -0.118 e. The zero-order chi connectivity index (χ0) is 29.7. The second-order valence-electron chi connectivity index (χ2n) is 14.2. The Hall–Kier alpha value is -2.68. The van der Waals surface area contributed by atoms with Gasteiger partial charge in [-0.3, -0.25) is 0 Å². The maximum atomic E-state index is 2.34. The first-order valence-corrected chi connectivity index (χ1v) is 16.3. The first-order chi connectivity index (χ1) is 19.1. The zero-order valence-corrected chi connectivity index (χ0v) is 28.0. The van der Waals surface area contributed by atoms with E-state index in [4.69, 9.17) is 0 Å². The Labute approximate surface area is 256 Å². The van der Waals surface area contributed by atoms with Gasteiger partial charge in [0, 0.05) is 30.1 Å². The summed E-state index contributed by atoms with van der Waals surface area (Å²) in [5.74, 6) is 0. The lowest BCUT2D eigenvalue weighted by molar-refractivity contribution is 0.590. The summed E-state index contributed by atoms with van der Waals surface area (Å²) in [7, 11) is 0. The van der Waals surface area contributed by atoms with Crippen molar-refractivity contribution in [2.75, 3.05) is 0 Å². The van der Waals surface area contributed by atoms with Crippen molar-refractivity contribution >= 4 is 45.1 Å². The molecule has 41 heavy (non-hydrogen) atoms. The average Bonchev–Trinajstić information content (AvgIpc) is 2.88. The van der Waals surface area contributed by atoms with Crippen LogP contribution in [0.3, 0.4) is 0 Å². The summed E-state index contributed by atoms with van der Waals surface area (Å²) in [6, 6.07) is 32.1. The lowest BCUT2D eigenvalue weighted by atomic mass is 9.85. The van der Waals surface area contributed by atoms with Gasteiger partial charge in [-0.05, 0) is 50.9 Å². The van der Waals surface area contributed by atoms with E-state index in [1.165, 1.54) is 64.7 Å². The van der Waals surface area contributed by atoms with Crippen LogP contribution in [0.25, 0.3) is 43.8 Å². The minimum atomic E-state index is 0.0514. The second kappa shape index (κ2) is 10.9. The Morgan fingerprint density at radius 1 is 0.463 bits per heavy atom. The molecule has 0 nitrogen and oxygen atoms in total. The third kappa shape index (κ3) is 6.40. The van der Waals surface area contributed by atoms with Gasteiger partial charge in [0.15, 0.2) is 0 Å². The molecular weight excluding hydrogens is 533 g/mol. The van der Waals surface area contributed by atoms with Gasteiger partial charge in [0.1, 0.15) is 0 Å². The van der Waals surface area contributed by atoms with E-state index in [9.17, 15) is 0 Å². The molecule has 0 aliphatic carbocycles. The van der Waals surface area contributed by atoms with Gasteiger partial charge in [-0.15, -0.1) is 23.5 Å². The number of hydrogen-bond donors (Lipinski definition) is 0. The Morgan fingerprint density at radius 3 is 1.22 bits per heavy atom. The number of rotatable bonds is 4. The van der Waals surface area contributed by atoms with E-state index in [-0.39, 0.29) is 14.9 Å². The monoisotopic (exact) mass is 576 g/mol. The largest absolute Gasteiger partial charge is 0.118 e. The molecule has 0 amide bonds. The molecule has 0 unspecified atom stereocenters. The molecule has 0 N–H and O–H groups in total. The summed E-state index contributed by atoms with van der Waals surface area (Å²) in [4.78, 5) is 2.80. The van der Waals surface area contributed by atoms with Crippen molar-refractivity contribution in [1.82, 2.24) is 0 Å². The maximum Gasteiger partial charge on any atom is 0.0305 e. The zero-order valence-electron chi connectivity index (χ0n) is 26.4. The number of aryl methyl sites for hydroxylation is 1. The fourth-order valence-corrected chi connectivity index (χ4v) is 7.95. The minimum absolute atomic E-state index is 0.0514. The number of fused-ring (bicyclic) bond motifs is 3. The summed E-state index contributed by atoms with van der Waals surface area (Å²) in [5, 5.41) is 5.40. The van der Waals surface area contributed by atoms with Gasteiger partial charge in [-0.2, -0.15) is 0 Å². The first-order valence-electron chi connectivity index (χ1n) is 14.7. The lowest BCUT2D eigenvalue weighted by Gasteiger charge is -2.28. The standard InChI is InChI=1S/C39H44S2/c1-25-17-19-26(20-18-25)29-13-11-15-31-32-16-12-14-30(27-21-23-28(24-22-27)37(2,3)4)34(32)36(41-39(8,9)10)35(33(29)31)40-38(5,6)7/h11-24H,1-10H3. The highest BCUT2D eigenvalue weighted by Gasteiger charge is 2.27. The van der Waals surface area contributed by atoms with Gasteiger partial charge in [-0.1, -0.05) is 153 Å². The van der Waals surface area contributed by atoms with Crippen LogP contribution in [0.1, 0.15) is 73.4 Å². The van der Waals surface area contributed by atoms with Gasteiger partial charge in [0.2, 0.25) is 0 Å². The van der Waals surface area contributed by atoms with Crippen LogP contribution >= 0.6 is 23.5 Å². The SMILES string of the molecule is Cc1ccc(-c2cccc3c2c(SC(C)(C)C)c(SC(C)(C)C)c2c(-c4ccc(C(C)(C)C)cc4)cccc23)cc1. The van der Waals surface area contributed by atoms with Crippen LogP contribution < -0.4 is 0 Å². The highest BCUT2D eigenvalue weighted by atomic mass is 32.2. The van der Waals surface area contributed by atoms with Crippen LogP contribution in [-0.2, 0) is 5.41 Å². The van der Waals surface area contributed by atoms with Gasteiger partial charge < -0.3 is 0 Å². The highest BCUT2D eigenvalue weighted by Crippen LogP contribution is 2.53. The van der Waals surface area contributed by atoms with Crippen molar-refractivity contribution in [3.63, 3.8) is 0 Å². The quantitative estimate of drug-likeness (QED) is 0.154. The third-order valence-electron chi connectivity index (χ3n) is 7.32. The van der Waals surface area contributed by atoms with E-state index in [2.05, 4.69) is 154 Å². The fourth-order valence-electron chi connectivity index (χ4n) is 5.44. The topological polar surface area (TPSA) is 0 Å². The van der Waals surface area contributed by atoms with E-state index < -0.39 is 0 Å². The first kappa shape index (κ1) is 29.8. The molecule has 0 aromatic heterocycles. The Balaban J connectivity index is 1.94. The molecule has 0 saturated heterocycles. The van der Waals surface area contributed by atoms with Crippen molar-refractivity contribution in [2.24, 2.45) is 0 Å². The summed E-state index contributed by atoms with van der Waals surface area (Å²) in [6.07, 6.45) is 0. The van der Waals surface area contributed by atoms with Gasteiger partial charge in [0.25, 0.3) is 0 Å². The van der Waals surface area contributed by atoms with E-state index in [0.717, 1.165) is 0 Å². The van der Waals surface area contributed by atoms with Crippen molar-refractivity contribution in [3.05, 3.63) is 96.1 Å². The van der Waals surface area contributed by atoms with E-state index in [1.54, 1.807) is 0 Å². The van der Waals surface area contributed by atoms with Crippen molar-refractivity contribution < 1.29 is 0 Å². The van der Waals surface area contributed by atoms with E-state index in [0.29, 0.717) is 0 Å². The Kier molecular flexibility index (Phi) is 7.90. The van der Waals surface area contributed by atoms with Gasteiger partial charge in [-0.25, -0.2) is 0 Å². The molecule has 2 heteroatoms. The molecule has 0 atom stereocenters. The number of benzene rings is 5. The van der Waals surface area contributed by atoms with Crippen LogP contribution in [0, 0.1) is 6.92 Å². The summed E-state index contributed by atoms with van der Waals surface area (Å²) >= 11 is 4.03. The lowest BCUT2D eigenvalue weighted by Crippen LogP contribution is -2.11. The van der Waals surface area contributed by atoms with E-state index in [1.807, 2.05) is 23.5 Å². The highest BCUT2D eigenvalue weighted by molar-refractivity contribution is 8.03. The van der Waals surface area contributed by atoms with Crippen molar-refractivity contribution in [2.45, 2.75) is 93.9 Å². The predicted molar refractivity (Wildman–Crippen MR) is 187 cm³/mol. The Morgan fingerprint density at radius 2 is 0.854 bits per heavy atom. The smallest absolute Gasteiger partial charge is 0.0305 e. The van der Waals surface area contributed by atoms with Crippen LogP contribution in [0.2, 0.25) is 0 Å².